The van der Waals surface area contributed by atoms with Gasteiger partial charge in [0.1, 0.15) is 5.82 Å². The smallest absolute Gasteiger partial charge is 0.125 e. The summed E-state index contributed by atoms with van der Waals surface area (Å²) in [6.45, 7) is 0.966. The van der Waals surface area contributed by atoms with Crippen LogP contribution < -0.4 is 5.32 Å². The minimum absolute atomic E-state index is 0.222. The van der Waals surface area contributed by atoms with Crippen LogP contribution in [0.1, 0.15) is 64.2 Å². The maximum absolute atomic E-state index is 10.6. The molecule has 164 valence electrons. The number of hydrogen-bond donors (Lipinski definition) is 3. The van der Waals surface area contributed by atoms with Gasteiger partial charge in [0.25, 0.3) is 0 Å². The fourth-order valence-electron chi connectivity index (χ4n) is 5.90. The van der Waals surface area contributed by atoms with Crippen LogP contribution in [-0.4, -0.2) is 33.9 Å². The number of rotatable bonds is 9. The van der Waals surface area contributed by atoms with Gasteiger partial charge < -0.3 is 15.5 Å². The van der Waals surface area contributed by atoms with E-state index in [1.807, 2.05) is 30.5 Å². The number of fused-ring (bicyclic) bond motifs is 1. The van der Waals surface area contributed by atoms with Crippen molar-refractivity contribution in [2.24, 2.45) is 23.7 Å². The highest BCUT2D eigenvalue weighted by atomic mass is 16.3. The van der Waals surface area contributed by atoms with Gasteiger partial charge >= 0.3 is 0 Å². The molecule has 0 bridgehead atoms. The fourth-order valence-corrected chi connectivity index (χ4v) is 5.90. The van der Waals surface area contributed by atoms with Gasteiger partial charge in [0.15, 0.2) is 0 Å². The molecule has 4 heteroatoms. The van der Waals surface area contributed by atoms with Crippen molar-refractivity contribution >= 4 is 5.82 Å². The Kier molecular flexibility index (Phi) is 7.62. The van der Waals surface area contributed by atoms with E-state index in [2.05, 4.69) is 22.5 Å². The average molecular weight is 411 g/mol. The number of aliphatic hydroxyl groups is 2. The van der Waals surface area contributed by atoms with Crippen LogP contribution in [-0.2, 0) is 0 Å². The first-order chi connectivity index (χ1) is 14.7. The molecule has 1 aromatic heterocycles. The van der Waals surface area contributed by atoms with Crippen LogP contribution in [0.2, 0.25) is 0 Å². The molecule has 1 aromatic rings. The lowest BCUT2D eigenvalue weighted by molar-refractivity contribution is 0.135. The van der Waals surface area contributed by atoms with E-state index in [1.54, 1.807) is 5.57 Å². The van der Waals surface area contributed by atoms with Crippen molar-refractivity contribution in [2.75, 3.05) is 11.9 Å². The second-order valence-corrected chi connectivity index (χ2v) is 9.63. The third kappa shape index (κ3) is 5.53. The van der Waals surface area contributed by atoms with Gasteiger partial charge in [-0.3, -0.25) is 0 Å². The molecular formula is C26H38N2O2. The molecule has 5 atom stereocenters. The Balaban J connectivity index is 1.19. The highest BCUT2D eigenvalue weighted by Crippen LogP contribution is 2.50. The molecule has 0 amide bonds. The summed E-state index contributed by atoms with van der Waals surface area (Å²) >= 11 is 0. The number of nitrogens with one attached hydrogen (secondary N) is 1. The van der Waals surface area contributed by atoms with Gasteiger partial charge in [0.2, 0.25) is 0 Å². The lowest BCUT2D eigenvalue weighted by Crippen LogP contribution is -2.19. The summed E-state index contributed by atoms with van der Waals surface area (Å²) in [6, 6.07) is 5.95. The maximum Gasteiger partial charge on any atom is 0.125 e. The molecule has 3 aliphatic carbocycles. The molecule has 3 fully saturated rings. The Labute approximate surface area is 181 Å². The third-order valence-electron chi connectivity index (χ3n) is 7.56. The van der Waals surface area contributed by atoms with E-state index in [4.69, 9.17) is 0 Å². The number of aliphatic hydroxyl groups excluding tert-OH is 2. The minimum Gasteiger partial charge on any atom is -0.392 e. The van der Waals surface area contributed by atoms with Gasteiger partial charge in [0.05, 0.1) is 12.2 Å². The molecule has 30 heavy (non-hydrogen) atoms. The molecular weight excluding hydrogens is 372 g/mol. The molecule has 4 nitrogen and oxygen atoms in total. The molecule has 1 heterocycles. The Hall–Kier alpha value is -1.65. The monoisotopic (exact) mass is 410 g/mol. The summed E-state index contributed by atoms with van der Waals surface area (Å²) in [6.07, 6.45) is 19.4. The van der Waals surface area contributed by atoms with Gasteiger partial charge in [-0.1, -0.05) is 42.7 Å². The van der Waals surface area contributed by atoms with Crippen LogP contribution in [0.25, 0.3) is 0 Å². The van der Waals surface area contributed by atoms with Crippen LogP contribution in [0.4, 0.5) is 5.82 Å². The third-order valence-corrected chi connectivity index (χ3v) is 7.56. The first-order valence-electron chi connectivity index (χ1n) is 12.1. The summed E-state index contributed by atoms with van der Waals surface area (Å²) in [5.74, 6) is 2.79. The molecule has 4 rings (SSSR count). The fraction of sp³-hybridized carbons (Fsp3) is 0.654. The zero-order valence-corrected chi connectivity index (χ0v) is 18.1. The quantitative estimate of drug-likeness (QED) is 0.391. The summed E-state index contributed by atoms with van der Waals surface area (Å²) in [4.78, 5) is 4.29. The SMILES string of the molecule is O[C@H](C=C[C@@H]1[C@H]2CC(=CCCCCNc3ccccn3)C[C@H]2C[C@H]1O)C1CCCC1. The van der Waals surface area contributed by atoms with Gasteiger partial charge in [-0.05, 0) is 81.3 Å². The van der Waals surface area contributed by atoms with Crippen molar-refractivity contribution in [2.45, 2.75) is 76.4 Å². The summed E-state index contributed by atoms with van der Waals surface area (Å²) < 4.78 is 0. The van der Waals surface area contributed by atoms with E-state index in [1.165, 1.54) is 19.3 Å². The van der Waals surface area contributed by atoms with Crippen LogP contribution in [0, 0.1) is 23.7 Å². The van der Waals surface area contributed by atoms with Crippen molar-refractivity contribution in [3.63, 3.8) is 0 Å². The molecule has 3 N–H and O–H groups in total. The van der Waals surface area contributed by atoms with E-state index in [0.29, 0.717) is 17.8 Å². The van der Waals surface area contributed by atoms with Gasteiger partial charge in [-0.2, -0.15) is 0 Å². The standard InChI is InChI=1S/C26H38N2O2/c29-24(20-9-3-4-10-20)13-12-22-23-17-19(16-21(23)18-25(22)30)8-2-1-6-14-27-26-11-5-7-15-28-26/h5,7-8,11-13,15,20-25,29-30H,1-4,6,9-10,14,16-18H2,(H,27,28)/t21-,22+,23-,24+,25+/m0/s1. The zero-order valence-electron chi connectivity index (χ0n) is 18.1. The second kappa shape index (κ2) is 10.6. The number of nitrogens with zero attached hydrogens (tertiary/aromatic N) is 1. The predicted octanol–water partition coefficient (Wildman–Crippen LogP) is 5.10. The first-order valence-corrected chi connectivity index (χ1v) is 12.1. The predicted molar refractivity (Wildman–Crippen MR) is 122 cm³/mol. The van der Waals surface area contributed by atoms with E-state index < -0.39 is 0 Å². The normalized spacial score (nSPS) is 31.6. The summed E-state index contributed by atoms with van der Waals surface area (Å²) in [5, 5.41) is 24.4. The van der Waals surface area contributed by atoms with Crippen LogP contribution in [0.3, 0.4) is 0 Å². The highest BCUT2D eigenvalue weighted by Gasteiger charge is 2.45. The zero-order chi connectivity index (χ0) is 20.8. The molecule has 0 aromatic carbocycles. The number of pyridine rings is 1. The molecule has 0 spiro atoms. The molecule has 0 saturated heterocycles. The first kappa shape index (κ1) is 21.6. The van der Waals surface area contributed by atoms with Gasteiger partial charge in [-0.25, -0.2) is 4.98 Å². The van der Waals surface area contributed by atoms with E-state index in [-0.39, 0.29) is 18.1 Å². The van der Waals surface area contributed by atoms with Gasteiger partial charge in [-0.15, -0.1) is 0 Å². The topological polar surface area (TPSA) is 65.4 Å². The molecule has 3 aliphatic rings. The van der Waals surface area contributed by atoms with Crippen molar-refractivity contribution in [3.05, 3.63) is 48.2 Å². The van der Waals surface area contributed by atoms with Crippen molar-refractivity contribution in [3.8, 4) is 0 Å². The summed E-state index contributed by atoms with van der Waals surface area (Å²) in [5.41, 5.74) is 1.59. The number of hydrogen-bond acceptors (Lipinski definition) is 4. The number of unbranched alkanes of at least 4 members (excludes halogenated alkanes) is 2. The number of allylic oxidation sites excluding steroid dienone is 2. The second-order valence-electron chi connectivity index (χ2n) is 9.63. The lowest BCUT2D eigenvalue weighted by atomic mass is 9.89. The largest absolute Gasteiger partial charge is 0.392 e. The molecule has 0 aliphatic heterocycles. The number of anilines is 1. The van der Waals surface area contributed by atoms with Crippen LogP contribution in [0.5, 0.6) is 0 Å². The minimum atomic E-state index is -0.324. The lowest BCUT2D eigenvalue weighted by Gasteiger charge is -2.19. The molecule has 3 saturated carbocycles. The Morgan fingerprint density at radius 2 is 2.03 bits per heavy atom. The number of aromatic nitrogens is 1. The van der Waals surface area contributed by atoms with Crippen LogP contribution in [0.15, 0.2) is 48.2 Å². The van der Waals surface area contributed by atoms with Crippen molar-refractivity contribution < 1.29 is 10.2 Å². The Bertz CT molecular complexity index is 711. The summed E-state index contributed by atoms with van der Waals surface area (Å²) in [7, 11) is 0. The van der Waals surface area contributed by atoms with Gasteiger partial charge in [0, 0.05) is 18.7 Å². The van der Waals surface area contributed by atoms with Crippen molar-refractivity contribution in [1.29, 1.82) is 0 Å². The van der Waals surface area contributed by atoms with E-state index >= 15 is 0 Å². The molecule has 0 radical (unpaired) electrons. The molecule has 0 unspecified atom stereocenters. The highest BCUT2D eigenvalue weighted by molar-refractivity contribution is 5.32. The van der Waals surface area contributed by atoms with E-state index in [0.717, 1.165) is 57.3 Å². The van der Waals surface area contributed by atoms with E-state index in [9.17, 15) is 10.2 Å². The maximum atomic E-state index is 10.6. The van der Waals surface area contributed by atoms with Crippen LogP contribution >= 0.6 is 0 Å². The van der Waals surface area contributed by atoms with Crippen molar-refractivity contribution in [1.82, 2.24) is 4.98 Å². The Morgan fingerprint density at radius 3 is 2.83 bits per heavy atom. The Morgan fingerprint density at radius 1 is 1.17 bits per heavy atom. The average Bonchev–Trinajstić information content (AvgIpc) is 3.47.